The van der Waals surface area contributed by atoms with E-state index in [0.717, 1.165) is 63.6 Å². The van der Waals surface area contributed by atoms with Crippen LogP contribution in [-0.4, -0.2) is 68.2 Å². The van der Waals surface area contributed by atoms with Gasteiger partial charge in [-0.05, 0) is 20.3 Å². The summed E-state index contributed by atoms with van der Waals surface area (Å²) in [6.07, 6.45) is 5.10. The number of nitrogens with zero attached hydrogens (tertiary/aromatic N) is 6. The first-order valence-corrected chi connectivity index (χ1v) is 10.1. The molecule has 8 heteroatoms. The third-order valence-corrected chi connectivity index (χ3v) is 5.53. The Kier molecular flexibility index (Phi) is 5.68. The van der Waals surface area contributed by atoms with Crippen LogP contribution in [0.15, 0.2) is 12.4 Å². The van der Waals surface area contributed by atoms with Gasteiger partial charge in [0.15, 0.2) is 0 Å². The summed E-state index contributed by atoms with van der Waals surface area (Å²) in [5, 5.41) is 4.84. The Morgan fingerprint density at radius 2 is 2.07 bits per heavy atom. The molecule has 0 spiro atoms. The van der Waals surface area contributed by atoms with E-state index in [4.69, 9.17) is 9.84 Å². The highest BCUT2D eigenvalue weighted by Gasteiger charge is 2.25. The summed E-state index contributed by atoms with van der Waals surface area (Å²) in [6.45, 7) is 10.4. The van der Waals surface area contributed by atoms with Gasteiger partial charge in [-0.15, -0.1) is 0 Å². The van der Waals surface area contributed by atoms with E-state index in [1.807, 2.05) is 11.8 Å². The van der Waals surface area contributed by atoms with Gasteiger partial charge in [-0.1, -0.05) is 0 Å². The summed E-state index contributed by atoms with van der Waals surface area (Å²) in [6, 6.07) is 0. The Morgan fingerprint density at radius 1 is 1.18 bits per heavy atom. The van der Waals surface area contributed by atoms with Crippen LogP contribution in [0.4, 0.5) is 0 Å². The molecule has 4 rings (SSSR count). The Morgan fingerprint density at radius 3 is 2.86 bits per heavy atom. The maximum absolute atomic E-state index is 12.7. The molecule has 150 valence electrons. The average Bonchev–Trinajstić information content (AvgIpc) is 2.90. The van der Waals surface area contributed by atoms with Gasteiger partial charge in [0, 0.05) is 63.1 Å². The van der Waals surface area contributed by atoms with Crippen LogP contribution < -0.4 is 0 Å². The van der Waals surface area contributed by atoms with Crippen molar-refractivity contribution in [2.45, 2.75) is 46.4 Å². The second kappa shape index (κ2) is 8.36. The van der Waals surface area contributed by atoms with Crippen molar-refractivity contribution in [3.05, 3.63) is 40.7 Å². The normalized spacial score (nSPS) is 18.0. The number of carbonyl (C=O) groups is 1. The van der Waals surface area contributed by atoms with Gasteiger partial charge in [-0.3, -0.25) is 19.4 Å². The van der Waals surface area contributed by atoms with Crippen molar-refractivity contribution in [2.24, 2.45) is 0 Å². The predicted molar refractivity (Wildman–Crippen MR) is 104 cm³/mol. The molecular weight excluding hydrogens is 356 g/mol. The highest BCUT2D eigenvalue weighted by Crippen LogP contribution is 2.22. The molecule has 28 heavy (non-hydrogen) atoms. The van der Waals surface area contributed by atoms with Crippen molar-refractivity contribution >= 4 is 5.91 Å². The van der Waals surface area contributed by atoms with Crippen molar-refractivity contribution < 1.29 is 9.53 Å². The molecule has 0 aromatic carbocycles. The summed E-state index contributed by atoms with van der Waals surface area (Å²) in [5.41, 5.74) is 4.96. The van der Waals surface area contributed by atoms with E-state index in [1.54, 1.807) is 12.4 Å². The lowest BCUT2D eigenvalue weighted by atomic mass is 10.1. The van der Waals surface area contributed by atoms with Gasteiger partial charge in [0.25, 0.3) is 5.91 Å². The van der Waals surface area contributed by atoms with Crippen LogP contribution in [0.25, 0.3) is 0 Å². The minimum atomic E-state index is -0.0320. The molecule has 0 N–H and O–H groups in total. The van der Waals surface area contributed by atoms with Gasteiger partial charge in [0.05, 0.1) is 30.8 Å². The van der Waals surface area contributed by atoms with E-state index in [-0.39, 0.29) is 5.91 Å². The number of hydrogen-bond acceptors (Lipinski definition) is 6. The molecule has 1 fully saturated rings. The fraction of sp³-hybridized carbons (Fsp3) is 0.600. The van der Waals surface area contributed by atoms with Crippen molar-refractivity contribution in [3.8, 4) is 0 Å². The van der Waals surface area contributed by atoms with Crippen molar-refractivity contribution in [1.82, 2.24) is 29.5 Å². The van der Waals surface area contributed by atoms with Crippen LogP contribution in [-0.2, 0) is 30.9 Å². The molecule has 0 bridgehead atoms. The molecule has 2 aromatic rings. The number of aromatic nitrogens is 4. The van der Waals surface area contributed by atoms with Crippen LogP contribution >= 0.6 is 0 Å². The Bertz CT molecular complexity index is 832. The maximum atomic E-state index is 12.7. The van der Waals surface area contributed by atoms with E-state index in [9.17, 15) is 4.79 Å². The topological polar surface area (TPSA) is 76.4 Å². The van der Waals surface area contributed by atoms with Crippen LogP contribution in [0.3, 0.4) is 0 Å². The van der Waals surface area contributed by atoms with Crippen LogP contribution in [0.1, 0.15) is 46.5 Å². The molecule has 2 aromatic heterocycles. The smallest absolute Gasteiger partial charge is 0.274 e. The lowest BCUT2D eigenvalue weighted by Crippen LogP contribution is -2.35. The van der Waals surface area contributed by atoms with Crippen molar-refractivity contribution in [1.29, 1.82) is 0 Å². The highest BCUT2D eigenvalue weighted by atomic mass is 16.5. The van der Waals surface area contributed by atoms with Crippen LogP contribution in [0, 0.1) is 6.92 Å². The Hall–Kier alpha value is -2.32. The van der Waals surface area contributed by atoms with Gasteiger partial charge in [-0.2, -0.15) is 5.10 Å². The monoisotopic (exact) mass is 384 g/mol. The molecule has 2 aliphatic rings. The first-order chi connectivity index (χ1) is 13.7. The van der Waals surface area contributed by atoms with Gasteiger partial charge in [0.1, 0.15) is 5.69 Å². The minimum Gasteiger partial charge on any atom is -0.376 e. The summed E-state index contributed by atoms with van der Waals surface area (Å²) in [4.78, 5) is 25.5. The molecule has 8 nitrogen and oxygen atoms in total. The maximum Gasteiger partial charge on any atom is 0.274 e. The molecule has 2 aliphatic heterocycles. The average molecular weight is 384 g/mol. The zero-order chi connectivity index (χ0) is 19.5. The van der Waals surface area contributed by atoms with Gasteiger partial charge < -0.3 is 9.64 Å². The first-order valence-electron chi connectivity index (χ1n) is 10.1. The SMILES string of the molecule is CCn1nc(CN2CCCN(C(=O)c3cnc(C)cn3)CC2)c2c1CCOC2. The van der Waals surface area contributed by atoms with Crippen molar-refractivity contribution in [2.75, 3.05) is 32.8 Å². The third-order valence-electron chi connectivity index (χ3n) is 5.53. The van der Waals surface area contributed by atoms with Crippen LogP contribution in [0.5, 0.6) is 0 Å². The molecule has 4 heterocycles. The zero-order valence-electron chi connectivity index (χ0n) is 16.7. The summed E-state index contributed by atoms with van der Waals surface area (Å²) in [5.74, 6) is -0.0320. The van der Waals surface area contributed by atoms with E-state index in [0.29, 0.717) is 18.8 Å². The van der Waals surface area contributed by atoms with E-state index < -0.39 is 0 Å². The van der Waals surface area contributed by atoms with Gasteiger partial charge in [-0.25, -0.2) is 4.98 Å². The largest absolute Gasteiger partial charge is 0.376 e. The fourth-order valence-corrected chi connectivity index (χ4v) is 3.98. The molecule has 0 radical (unpaired) electrons. The number of amides is 1. The number of fused-ring (bicyclic) bond motifs is 1. The summed E-state index contributed by atoms with van der Waals surface area (Å²) in [7, 11) is 0. The number of aryl methyl sites for hydroxylation is 2. The lowest BCUT2D eigenvalue weighted by molar-refractivity contribution is 0.0754. The second-order valence-electron chi connectivity index (χ2n) is 7.46. The number of rotatable bonds is 4. The number of carbonyl (C=O) groups excluding carboxylic acids is 1. The molecule has 0 unspecified atom stereocenters. The van der Waals surface area contributed by atoms with E-state index >= 15 is 0 Å². The third kappa shape index (κ3) is 3.93. The Balaban J connectivity index is 1.41. The number of ether oxygens (including phenoxy) is 1. The quantitative estimate of drug-likeness (QED) is 0.794. The number of hydrogen-bond donors (Lipinski definition) is 0. The molecule has 1 saturated heterocycles. The van der Waals surface area contributed by atoms with Crippen LogP contribution in [0.2, 0.25) is 0 Å². The summed E-state index contributed by atoms with van der Waals surface area (Å²) >= 11 is 0. The molecule has 0 atom stereocenters. The fourth-order valence-electron chi connectivity index (χ4n) is 3.98. The Labute approximate surface area is 165 Å². The second-order valence-corrected chi connectivity index (χ2v) is 7.46. The van der Waals surface area contributed by atoms with E-state index in [1.165, 1.54) is 11.3 Å². The summed E-state index contributed by atoms with van der Waals surface area (Å²) < 4.78 is 7.80. The predicted octanol–water partition coefficient (Wildman–Crippen LogP) is 1.42. The minimum absolute atomic E-state index is 0.0320. The van der Waals surface area contributed by atoms with Gasteiger partial charge in [0.2, 0.25) is 0 Å². The molecule has 0 saturated carbocycles. The molecule has 0 aliphatic carbocycles. The molecule has 1 amide bonds. The highest BCUT2D eigenvalue weighted by molar-refractivity contribution is 5.92. The van der Waals surface area contributed by atoms with Crippen molar-refractivity contribution in [3.63, 3.8) is 0 Å². The van der Waals surface area contributed by atoms with Gasteiger partial charge >= 0.3 is 0 Å². The zero-order valence-corrected chi connectivity index (χ0v) is 16.7. The standard InChI is InChI=1S/C20H28N6O2/c1-3-26-19-5-10-28-14-16(19)18(23-26)13-24-6-4-7-25(9-8-24)20(27)17-12-21-15(2)11-22-17/h11-12H,3-10,13-14H2,1-2H3. The molecular formula is C20H28N6O2. The first kappa shape index (κ1) is 19.0. The van der Waals surface area contributed by atoms with E-state index in [2.05, 4.69) is 26.5 Å². The lowest BCUT2D eigenvalue weighted by Gasteiger charge is -2.22.